The fourth-order valence-corrected chi connectivity index (χ4v) is 1.81. The van der Waals surface area contributed by atoms with Gasteiger partial charge in [0.1, 0.15) is 0 Å². The fourth-order valence-electron chi connectivity index (χ4n) is 1.81. The molecule has 0 amide bonds. The summed E-state index contributed by atoms with van der Waals surface area (Å²) in [5, 5.41) is 6.77. The van der Waals surface area contributed by atoms with Gasteiger partial charge in [-0.05, 0) is 19.4 Å². The third-order valence-electron chi connectivity index (χ3n) is 2.56. The molecule has 0 saturated carbocycles. The lowest BCUT2D eigenvalue weighted by molar-refractivity contribution is 0.123. The summed E-state index contributed by atoms with van der Waals surface area (Å²) in [6.07, 6.45) is 2.81. The predicted octanol–water partition coefficient (Wildman–Crippen LogP) is 0.986. The molecule has 0 aromatic heterocycles. The zero-order valence-corrected chi connectivity index (χ0v) is 7.74. The first-order valence-corrected chi connectivity index (χ1v) is 4.83. The molecule has 0 aromatic carbocycles. The Hall–Kier alpha value is -0.0800. The summed E-state index contributed by atoms with van der Waals surface area (Å²) in [4.78, 5) is 0. The van der Waals surface area contributed by atoms with Gasteiger partial charge < -0.3 is 10.6 Å². The summed E-state index contributed by atoms with van der Waals surface area (Å²) in [5.74, 6) is 0. The number of rotatable bonds is 0. The summed E-state index contributed by atoms with van der Waals surface area (Å²) in [5.41, 5.74) is 0.679. The first kappa shape index (κ1) is 9.01. The van der Waals surface area contributed by atoms with Gasteiger partial charge in [0.2, 0.25) is 0 Å². The third kappa shape index (κ3) is 1.94. The molecule has 2 N–H and O–H groups in total. The highest BCUT2D eigenvalue weighted by atomic mass is 15.0. The molecule has 1 spiro atoms. The van der Waals surface area contributed by atoms with Gasteiger partial charge in [0.25, 0.3) is 0 Å². The average Bonchev–Trinajstić information content (AvgIpc) is 2.07. The van der Waals surface area contributed by atoms with Crippen LogP contribution in [-0.2, 0) is 0 Å². The largest absolute Gasteiger partial charge is 0.316 e. The van der Waals surface area contributed by atoms with Gasteiger partial charge in [-0.1, -0.05) is 13.8 Å². The Balaban J connectivity index is 0.000000281. The smallest absolute Gasteiger partial charge is 0.00777 e. The molecule has 2 rings (SSSR count). The molecule has 2 aliphatic rings. The van der Waals surface area contributed by atoms with E-state index in [9.17, 15) is 0 Å². The first-order valence-electron chi connectivity index (χ1n) is 4.83. The van der Waals surface area contributed by atoms with E-state index in [1.54, 1.807) is 0 Å². The summed E-state index contributed by atoms with van der Waals surface area (Å²) in [6.45, 7) is 8.99. The maximum Gasteiger partial charge on any atom is 0.00777 e. The molecule has 2 saturated heterocycles. The highest BCUT2D eigenvalue weighted by Crippen LogP contribution is 2.29. The Kier molecular flexibility index (Phi) is 3.34. The van der Waals surface area contributed by atoms with Crippen molar-refractivity contribution in [2.45, 2.75) is 26.7 Å². The molecule has 2 aliphatic heterocycles. The molecule has 0 aliphatic carbocycles. The van der Waals surface area contributed by atoms with E-state index in [4.69, 9.17) is 0 Å². The van der Waals surface area contributed by atoms with Crippen LogP contribution in [0.1, 0.15) is 26.7 Å². The van der Waals surface area contributed by atoms with E-state index in [1.165, 1.54) is 39.0 Å². The molecule has 2 nitrogen and oxygen atoms in total. The summed E-state index contributed by atoms with van der Waals surface area (Å²) in [7, 11) is 0. The lowest BCUT2D eigenvalue weighted by Gasteiger charge is -2.45. The van der Waals surface area contributed by atoms with Gasteiger partial charge in [0.05, 0.1) is 0 Å². The van der Waals surface area contributed by atoms with Crippen LogP contribution in [0.5, 0.6) is 0 Å². The standard InChI is InChI=1S/C7H14N2.C2H6/c1-2-7(4-8-3-1)5-9-6-7;1-2/h8-9H,1-6H2;1-2H3. The van der Waals surface area contributed by atoms with E-state index in [0.29, 0.717) is 5.41 Å². The van der Waals surface area contributed by atoms with E-state index in [0.717, 1.165) is 0 Å². The lowest BCUT2D eigenvalue weighted by atomic mass is 9.76. The van der Waals surface area contributed by atoms with Crippen LogP contribution in [0.25, 0.3) is 0 Å². The van der Waals surface area contributed by atoms with Crippen molar-refractivity contribution in [2.24, 2.45) is 5.41 Å². The zero-order chi connectivity index (χ0) is 8.16. The monoisotopic (exact) mass is 156 g/mol. The minimum atomic E-state index is 0.679. The fraction of sp³-hybridized carbons (Fsp3) is 1.00. The summed E-state index contributed by atoms with van der Waals surface area (Å²) >= 11 is 0. The van der Waals surface area contributed by atoms with Crippen molar-refractivity contribution < 1.29 is 0 Å². The highest BCUT2D eigenvalue weighted by Gasteiger charge is 2.37. The second kappa shape index (κ2) is 4.07. The highest BCUT2D eigenvalue weighted by molar-refractivity contribution is 4.95. The van der Waals surface area contributed by atoms with Crippen LogP contribution in [0.2, 0.25) is 0 Å². The number of hydrogen-bond donors (Lipinski definition) is 2. The molecule has 0 radical (unpaired) electrons. The van der Waals surface area contributed by atoms with E-state index in [-0.39, 0.29) is 0 Å². The van der Waals surface area contributed by atoms with E-state index < -0.39 is 0 Å². The Morgan fingerprint density at radius 2 is 1.64 bits per heavy atom. The second-order valence-corrected chi connectivity index (χ2v) is 3.38. The van der Waals surface area contributed by atoms with Crippen molar-refractivity contribution in [2.75, 3.05) is 26.2 Å². The third-order valence-corrected chi connectivity index (χ3v) is 2.56. The van der Waals surface area contributed by atoms with Crippen molar-refractivity contribution in [3.05, 3.63) is 0 Å². The van der Waals surface area contributed by atoms with Gasteiger partial charge in [-0.3, -0.25) is 0 Å². The zero-order valence-electron chi connectivity index (χ0n) is 7.74. The Bertz CT molecular complexity index is 100. The number of nitrogens with one attached hydrogen (secondary N) is 2. The van der Waals surface area contributed by atoms with Gasteiger partial charge in [0, 0.05) is 25.0 Å². The average molecular weight is 156 g/mol. The van der Waals surface area contributed by atoms with Crippen molar-refractivity contribution in [3.8, 4) is 0 Å². The Morgan fingerprint density at radius 1 is 1.00 bits per heavy atom. The van der Waals surface area contributed by atoms with Crippen LogP contribution >= 0.6 is 0 Å². The molecule has 2 heterocycles. The van der Waals surface area contributed by atoms with Crippen LogP contribution in [0.4, 0.5) is 0 Å². The van der Waals surface area contributed by atoms with E-state index in [1.807, 2.05) is 13.8 Å². The van der Waals surface area contributed by atoms with Gasteiger partial charge in [-0.2, -0.15) is 0 Å². The van der Waals surface area contributed by atoms with Crippen LogP contribution in [0.3, 0.4) is 0 Å². The van der Waals surface area contributed by atoms with E-state index in [2.05, 4.69) is 10.6 Å². The molecule has 11 heavy (non-hydrogen) atoms. The summed E-state index contributed by atoms with van der Waals surface area (Å²) < 4.78 is 0. The Morgan fingerprint density at radius 3 is 1.91 bits per heavy atom. The van der Waals surface area contributed by atoms with Gasteiger partial charge >= 0.3 is 0 Å². The maximum atomic E-state index is 3.44. The van der Waals surface area contributed by atoms with E-state index >= 15 is 0 Å². The van der Waals surface area contributed by atoms with Crippen LogP contribution < -0.4 is 10.6 Å². The molecule has 0 bridgehead atoms. The molecular formula is C9H20N2. The molecule has 66 valence electrons. The lowest BCUT2D eigenvalue weighted by Crippen LogP contribution is -2.60. The molecule has 0 atom stereocenters. The van der Waals surface area contributed by atoms with Gasteiger partial charge in [-0.15, -0.1) is 0 Å². The predicted molar refractivity (Wildman–Crippen MR) is 48.8 cm³/mol. The van der Waals surface area contributed by atoms with Crippen molar-refractivity contribution in [1.82, 2.24) is 10.6 Å². The van der Waals surface area contributed by atoms with Gasteiger partial charge in [-0.25, -0.2) is 0 Å². The van der Waals surface area contributed by atoms with Gasteiger partial charge in [0.15, 0.2) is 0 Å². The number of hydrogen-bond acceptors (Lipinski definition) is 2. The van der Waals surface area contributed by atoms with Crippen molar-refractivity contribution in [1.29, 1.82) is 0 Å². The number of piperidine rings is 1. The van der Waals surface area contributed by atoms with Crippen LogP contribution in [0, 0.1) is 5.41 Å². The molecule has 2 heteroatoms. The SMILES string of the molecule is C1CNCC2(C1)CNC2.CC. The minimum absolute atomic E-state index is 0.679. The second-order valence-electron chi connectivity index (χ2n) is 3.38. The topological polar surface area (TPSA) is 24.1 Å². The molecular weight excluding hydrogens is 136 g/mol. The summed E-state index contributed by atoms with van der Waals surface area (Å²) in [6, 6.07) is 0. The Labute approximate surface area is 69.8 Å². The van der Waals surface area contributed by atoms with Crippen molar-refractivity contribution >= 4 is 0 Å². The van der Waals surface area contributed by atoms with Crippen molar-refractivity contribution in [3.63, 3.8) is 0 Å². The molecule has 0 aromatic rings. The van der Waals surface area contributed by atoms with Crippen LogP contribution in [0.15, 0.2) is 0 Å². The van der Waals surface area contributed by atoms with Crippen LogP contribution in [-0.4, -0.2) is 26.2 Å². The quantitative estimate of drug-likeness (QED) is 0.546. The molecule has 2 fully saturated rings. The normalized spacial score (nSPS) is 26.7. The minimum Gasteiger partial charge on any atom is -0.316 e. The first-order chi connectivity index (χ1) is 5.41. The molecule has 0 unspecified atom stereocenters. The maximum absolute atomic E-state index is 3.44.